The molecule has 2 amide bonds. The van der Waals surface area contributed by atoms with E-state index in [2.05, 4.69) is 10.6 Å². The molecule has 0 saturated carbocycles. The van der Waals surface area contributed by atoms with E-state index in [1.807, 2.05) is 12.1 Å². The number of aryl methyl sites for hydroxylation is 1. The van der Waals surface area contributed by atoms with Crippen LogP contribution in [0.5, 0.6) is 17.2 Å². The number of fused-ring (bicyclic) bond motifs is 3. The summed E-state index contributed by atoms with van der Waals surface area (Å²) in [4.78, 5) is 40.7. The summed E-state index contributed by atoms with van der Waals surface area (Å²) in [6.07, 6.45) is 5.34. The van der Waals surface area contributed by atoms with E-state index in [1.165, 1.54) is 11.2 Å². The Morgan fingerprint density at radius 2 is 1.59 bits per heavy atom. The summed E-state index contributed by atoms with van der Waals surface area (Å²) in [5.41, 5.74) is 3.25. The molecule has 0 spiro atoms. The monoisotopic (exact) mass is 699 g/mol. The van der Waals surface area contributed by atoms with Gasteiger partial charge in [-0.15, -0.1) is 0 Å². The zero-order chi connectivity index (χ0) is 35.1. The van der Waals surface area contributed by atoms with Gasteiger partial charge in [0.2, 0.25) is 23.0 Å². The summed E-state index contributed by atoms with van der Waals surface area (Å²) in [5.74, 6) is 1.21. The summed E-state index contributed by atoms with van der Waals surface area (Å²) in [7, 11) is 1.15. The van der Waals surface area contributed by atoms with Gasteiger partial charge in [-0.05, 0) is 73.4 Å². The lowest BCUT2D eigenvalue weighted by atomic mass is 9.95. The van der Waals surface area contributed by atoms with Crippen molar-refractivity contribution in [3.63, 3.8) is 0 Å². The van der Waals surface area contributed by atoms with Crippen molar-refractivity contribution in [2.24, 2.45) is 0 Å². The fraction of sp³-hybridized carbons (Fsp3) is 0.571. The average molecular weight is 700 g/mol. The number of carbonyl (C=O) groups is 2. The molecule has 1 aliphatic carbocycles. The SMILES string of the molecule is COc1cc2c(c(OC)c1OC)-c1ccc(NCCCC(=O)N3CCCN(S(=O)(=O)N4CCCCC4)CC3)c(=O)cc1C(NC(C)=O)CC2. The second-order valence-electron chi connectivity index (χ2n) is 12.7. The fourth-order valence-corrected chi connectivity index (χ4v) is 8.83. The molecule has 0 aromatic heterocycles. The van der Waals surface area contributed by atoms with Gasteiger partial charge in [0, 0.05) is 64.7 Å². The van der Waals surface area contributed by atoms with Gasteiger partial charge >= 0.3 is 0 Å². The fourth-order valence-electron chi connectivity index (χ4n) is 7.11. The quantitative estimate of drug-likeness (QED) is 0.338. The maximum absolute atomic E-state index is 13.6. The molecule has 2 fully saturated rings. The largest absolute Gasteiger partial charge is 0.493 e. The number of hydrogen-bond donors (Lipinski definition) is 2. The number of hydrogen-bond acceptors (Lipinski definition) is 9. The lowest BCUT2D eigenvalue weighted by molar-refractivity contribution is -0.131. The minimum absolute atomic E-state index is 0.0297. The Bertz CT molecular complexity index is 1700. The van der Waals surface area contributed by atoms with Crippen LogP contribution in [0.2, 0.25) is 0 Å². The molecule has 2 N–H and O–H groups in total. The number of nitrogens with one attached hydrogen (secondary N) is 2. The lowest BCUT2D eigenvalue weighted by Gasteiger charge is -2.31. The number of amides is 2. The molecule has 2 saturated heterocycles. The van der Waals surface area contributed by atoms with Gasteiger partial charge in [-0.1, -0.05) is 12.5 Å². The molecule has 13 nitrogen and oxygen atoms in total. The highest BCUT2D eigenvalue weighted by molar-refractivity contribution is 7.86. The van der Waals surface area contributed by atoms with Gasteiger partial charge in [0.05, 0.1) is 33.1 Å². The van der Waals surface area contributed by atoms with Gasteiger partial charge in [0.1, 0.15) is 0 Å². The topological polar surface area (TPSA) is 147 Å². The van der Waals surface area contributed by atoms with Crippen LogP contribution in [0.4, 0.5) is 5.69 Å². The Kier molecular flexibility index (Phi) is 12.0. The molecule has 49 heavy (non-hydrogen) atoms. The maximum Gasteiger partial charge on any atom is 0.282 e. The molecule has 2 aliphatic heterocycles. The molecule has 1 unspecified atom stereocenters. The molecule has 2 aromatic carbocycles. The average Bonchev–Trinajstić information content (AvgIpc) is 3.50. The molecule has 0 radical (unpaired) electrons. The Morgan fingerprint density at radius 3 is 2.29 bits per heavy atom. The van der Waals surface area contributed by atoms with E-state index < -0.39 is 16.3 Å². The van der Waals surface area contributed by atoms with Crippen LogP contribution in [0.3, 0.4) is 0 Å². The first-order chi connectivity index (χ1) is 23.6. The zero-order valence-electron chi connectivity index (χ0n) is 29.0. The Labute approximate surface area is 289 Å². The van der Waals surface area contributed by atoms with Crippen molar-refractivity contribution in [3.05, 3.63) is 45.6 Å². The van der Waals surface area contributed by atoms with Crippen molar-refractivity contribution in [2.75, 3.05) is 72.5 Å². The molecule has 1 atom stereocenters. The standard InChI is InChI=1S/C35H49N5O8S/c1-24(41)37-28-13-11-25-22-31(46-2)34(47-3)35(48-4)33(25)26-12-14-29(30(42)23-27(26)28)36-15-8-10-32(43)38-16-9-19-40(21-20-38)49(44,45)39-17-6-5-7-18-39/h12,14,22-23,28H,5-11,13,15-21H2,1-4H3,(H,36,42)(H,37,41). The van der Waals surface area contributed by atoms with Crippen molar-refractivity contribution < 1.29 is 32.2 Å². The van der Waals surface area contributed by atoms with Crippen LogP contribution in [-0.4, -0.2) is 101 Å². The Hall–Kier alpha value is -3.88. The van der Waals surface area contributed by atoms with Gasteiger partial charge in [-0.3, -0.25) is 14.4 Å². The van der Waals surface area contributed by atoms with Crippen LogP contribution in [0, 0.1) is 0 Å². The van der Waals surface area contributed by atoms with E-state index in [0.29, 0.717) is 100.0 Å². The molecule has 5 rings (SSSR count). The van der Waals surface area contributed by atoms with E-state index in [4.69, 9.17) is 14.2 Å². The van der Waals surface area contributed by atoms with E-state index in [9.17, 15) is 22.8 Å². The van der Waals surface area contributed by atoms with Gasteiger partial charge < -0.3 is 29.7 Å². The van der Waals surface area contributed by atoms with Crippen LogP contribution in [-0.2, 0) is 26.2 Å². The van der Waals surface area contributed by atoms with Crippen molar-refractivity contribution in [1.29, 1.82) is 0 Å². The second kappa shape index (κ2) is 16.2. The number of anilines is 1. The highest BCUT2D eigenvalue weighted by Crippen LogP contribution is 2.50. The molecule has 268 valence electrons. The van der Waals surface area contributed by atoms with Gasteiger partial charge in [-0.25, -0.2) is 0 Å². The third kappa shape index (κ3) is 8.13. The number of rotatable bonds is 11. The Balaban J connectivity index is 1.29. The number of benzene rings is 1. The number of carbonyl (C=O) groups excluding carboxylic acids is 2. The minimum Gasteiger partial charge on any atom is -0.493 e. The normalized spacial score (nSPS) is 18.7. The Morgan fingerprint density at radius 1 is 0.878 bits per heavy atom. The zero-order valence-corrected chi connectivity index (χ0v) is 29.8. The van der Waals surface area contributed by atoms with Crippen molar-refractivity contribution in [1.82, 2.24) is 18.8 Å². The number of methoxy groups -OCH3 is 3. The summed E-state index contributed by atoms with van der Waals surface area (Å²) >= 11 is 0. The summed E-state index contributed by atoms with van der Waals surface area (Å²) in [6.45, 7) is 4.54. The molecule has 14 heteroatoms. The van der Waals surface area contributed by atoms with Crippen LogP contribution in [0.15, 0.2) is 29.1 Å². The summed E-state index contributed by atoms with van der Waals surface area (Å²) in [5, 5.41) is 6.23. The van der Waals surface area contributed by atoms with Crippen molar-refractivity contribution >= 4 is 27.7 Å². The second-order valence-corrected chi connectivity index (χ2v) is 14.7. The third-order valence-electron chi connectivity index (χ3n) is 9.57. The number of piperidine rings is 1. The van der Waals surface area contributed by atoms with Gasteiger partial charge in [-0.2, -0.15) is 17.0 Å². The van der Waals surface area contributed by atoms with E-state index in [-0.39, 0.29) is 23.7 Å². The van der Waals surface area contributed by atoms with Crippen LogP contribution in [0.25, 0.3) is 11.1 Å². The summed E-state index contributed by atoms with van der Waals surface area (Å²) in [6, 6.07) is 6.65. The molecule has 3 aliphatic rings. The van der Waals surface area contributed by atoms with Crippen molar-refractivity contribution in [2.45, 2.75) is 64.3 Å². The van der Waals surface area contributed by atoms with Crippen LogP contribution < -0.4 is 30.3 Å². The van der Waals surface area contributed by atoms with E-state index in [0.717, 1.165) is 36.0 Å². The van der Waals surface area contributed by atoms with Gasteiger partial charge in [0.25, 0.3) is 10.2 Å². The number of ether oxygens (including phenoxy) is 3. The third-order valence-corrected chi connectivity index (χ3v) is 11.6. The predicted octanol–water partition coefficient (Wildman–Crippen LogP) is 3.32. The van der Waals surface area contributed by atoms with E-state index >= 15 is 0 Å². The molecule has 2 heterocycles. The van der Waals surface area contributed by atoms with Crippen LogP contribution >= 0.6 is 0 Å². The highest BCUT2D eigenvalue weighted by atomic mass is 32.2. The predicted molar refractivity (Wildman–Crippen MR) is 188 cm³/mol. The first-order valence-corrected chi connectivity index (χ1v) is 18.5. The molecule has 0 bridgehead atoms. The lowest BCUT2D eigenvalue weighted by Crippen LogP contribution is -2.47. The molecular weight excluding hydrogens is 650 g/mol. The van der Waals surface area contributed by atoms with Crippen LogP contribution in [0.1, 0.15) is 69.0 Å². The van der Waals surface area contributed by atoms with E-state index in [1.54, 1.807) is 42.7 Å². The first-order valence-electron chi connectivity index (χ1n) is 17.1. The number of nitrogens with zero attached hydrogens (tertiary/aromatic N) is 3. The smallest absolute Gasteiger partial charge is 0.282 e. The highest BCUT2D eigenvalue weighted by Gasteiger charge is 2.33. The van der Waals surface area contributed by atoms with Gasteiger partial charge in [0.15, 0.2) is 11.5 Å². The summed E-state index contributed by atoms with van der Waals surface area (Å²) < 4.78 is 46.5. The minimum atomic E-state index is -3.51. The van der Waals surface area contributed by atoms with Crippen molar-refractivity contribution in [3.8, 4) is 28.4 Å². The molecular formula is C35H49N5O8S. The first kappa shape index (κ1) is 36.4. The molecule has 2 aromatic rings. The maximum atomic E-state index is 13.6.